The van der Waals surface area contributed by atoms with Crippen LogP contribution in [0.15, 0.2) is 60.7 Å². The van der Waals surface area contributed by atoms with Crippen LogP contribution in [-0.2, 0) is 9.59 Å². The zero-order valence-corrected chi connectivity index (χ0v) is 18.2. The number of hydrogen-bond donors (Lipinski definition) is 1. The maximum atomic E-state index is 13.2. The van der Waals surface area contributed by atoms with Crippen LogP contribution in [-0.4, -0.2) is 17.7 Å². The molecule has 30 heavy (non-hydrogen) atoms. The normalized spacial score (nSPS) is 32.8. The lowest BCUT2D eigenvalue weighted by molar-refractivity contribution is -0.124. The van der Waals surface area contributed by atoms with Crippen LogP contribution in [0.2, 0.25) is 0 Å². The summed E-state index contributed by atoms with van der Waals surface area (Å²) in [6.07, 6.45) is 5.50. The van der Waals surface area contributed by atoms with Crippen molar-refractivity contribution in [1.82, 2.24) is 0 Å². The highest BCUT2D eigenvalue weighted by Crippen LogP contribution is 2.65. The molecule has 2 aromatic rings. The van der Waals surface area contributed by atoms with Crippen LogP contribution in [0.5, 0.6) is 0 Å². The predicted molar refractivity (Wildman–Crippen MR) is 121 cm³/mol. The summed E-state index contributed by atoms with van der Waals surface area (Å²) in [6.45, 7) is 0. The summed E-state index contributed by atoms with van der Waals surface area (Å²) in [6, 6.07) is 14.3. The van der Waals surface area contributed by atoms with Crippen molar-refractivity contribution in [2.24, 2.45) is 35.5 Å². The Kier molecular flexibility index (Phi) is 3.97. The maximum absolute atomic E-state index is 13.2. The van der Waals surface area contributed by atoms with Crippen LogP contribution in [0.3, 0.4) is 0 Å². The van der Waals surface area contributed by atoms with Crippen molar-refractivity contribution in [3.63, 3.8) is 0 Å². The van der Waals surface area contributed by atoms with E-state index in [2.05, 4.69) is 40.1 Å². The van der Waals surface area contributed by atoms with E-state index in [0.717, 1.165) is 15.7 Å². The van der Waals surface area contributed by atoms with Gasteiger partial charge in [-0.3, -0.25) is 19.3 Å². The lowest BCUT2D eigenvalue weighted by Gasteiger charge is -2.37. The summed E-state index contributed by atoms with van der Waals surface area (Å²) in [5.41, 5.74) is 1.76. The van der Waals surface area contributed by atoms with E-state index in [9.17, 15) is 14.4 Å². The van der Waals surface area contributed by atoms with E-state index in [1.165, 1.54) is 4.90 Å². The van der Waals surface area contributed by atoms with Crippen LogP contribution in [0, 0.1) is 39.1 Å². The molecular weight excluding hydrogens is 491 g/mol. The first-order valence-electron chi connectivity index (χ1n) is 10.3. The Morgan fingerprint density at radius 2 is 1.43 bits per heavy atom. The second-order valence-electron chi connectivity index (χ2n) is 8.67. The maximum Gasteiger partial charge on any atom is 0.255 e. The van der Waals surface area contributed by atoms with E-state index >= 15 is 0 Å². The van der Waals surface area contributed by atoms with E-state index in [0.29, 0.717) is 23.1 Å². The lowest BCUT2D eigenvalue weighted by atomic mass is 9.63. The Hall–Kier alpha value is -2.48. The van der Waals surface area contributed by atoms with Gasteiger partial charge in [0.05, 0.1) is 17.5 Å². The molecule has 2 saturated carbocycles. The minimum absolute atomic E-state index is 0.0780. The van der Waals surface area contributed by atoms with Crippen LogP contribution in [0.4, 0.5) is 11.4 Å². The number of halogens is 1. The molecule has 7 rings (SSSR count). The van der Waals surface area contributed by atoms with Crippen molar-refractivity contribution in [2.75, 3.05) is 10.2 Å². The fraction of sp³-hybridized carbons (Fsp3) is 0.292. The number of nitrogens with zero attached hydrogens (tertiary/aromatic N) is 1. The largest absolute Gasteiger partial charge is 0.322 e. The number of allylic oxidation sites excluding steroid dienone is 2. The first-order valence-corrected chi connectivity index (χ1v) is 11.3. The highest BCUT2D eigenvalue weighted by molar-refractivity contribution is 14.1. The van der Waals surface area contributed by atoms with Crippen molar-refractivity contribution >= 4 is 51.7 Å². The molecule has 5 aliphatic rings. The van der Waals surface area contributed by atoms with Crippen molar-refractivity contribution in [3.8, 4) is 0 Å². The summed E-state index contributed by atoms with van der Waals surface area (Å²) in [4.78, 5) is 40.3. The Balaban J connectivity index is 1.23. The first-order chi connectivity index (χ1) is 14.5. The number of nitrogens with one attached hydrogen (secondary N) is 1. The first kappa shape index (κ1) is 18.3. The smallest absolute Gasteiger partial charge is 0.255 e. The fourth-order valence-electron chi connectivity index (χ4n) is 5.71. The van der Waals surface area contributed by atoms with Gasteiger partial charge in [-0.25, -0.2) is 0 Å². The number of hydrogen-bond acceptors (Lipinski definition) is 3. The van der Waals surface area contributed by atoms with E-state index in [1.807, 2.05) is 24.3 Å². The van der Waals surface area contributed by atoms with Crippen molar-refractivity contribution < 1.29 is 14.4 Å². The van der Waals surface area contributed by atoms with Gasteiger partial charge >= 0.3 is 0 Å². The van der Waals surface area contributed by atoms with E-state index in [-0.39, 0.29) is 41.4 Å². The minimum atomic E-state index is -0.224. The molecule has 3 amide bonds. The van der Waals surface area contributed by atoms with Gasteiger partial charge in [-0.15, -0.1) is 0 Å². The molecule has 1 aliphatic heterocycles. The molecule has 4 aliphatic carbocycles. The quantitative estimate of drug-likeness (QED) is 0.384. The molecule has 2 aromatic carbocycles. The predicted octanol–water partition coefficient (Wildman–Crippen LogP) is 4.10. The van der Waals surface area contributed by atoms with Gasteiger partial charge < -0.3 is 5.32 Å². The van der Waals surface area contributed by atoms with Gasteiger partial charge in [0.2, 0.25) is 11.8 Å². The van der Waals surface area contributed by atoms with Gasteiger partial charge in [0.25, 0.3) is 5.91 Å². The van der Waals surface area contributed by atoms with E-state index in [4.69, 9.17) is 0 Å². The van der Waals surface area contributed by atoms with Crippen LogP contribution >= 0.6 is 22.6 Å². The molecule has 0 unspecified atom stereocenters. The summed E-state index contributed by atoms with van der Waals surface area (Å²) >= 11 is 2.21. The Labute approximate surface area is 187 Å². The third kappa shape index (κ3) is 2.62. The average Bonchev–Trinajstić information content (AvgIpc) is 3.53. The lowest BCUT2D eigenvalue weighted by Crippen LogP contribution is -2.40. The zero-order chi connectivity index (χ0) is 20.6. The van der Waals surface area contributed by atoms with Gasteiger partial charge in [0.1, 0.15) is 0 Å². The van der Waals surface area contributed by atoms with Crippen molar-refractivity contribution in [1.29, 1.82) is 0 Å². The third-order valence-electron chi connectivity index (χ3n) is 7.15. The number of carbonyl (C=O) groups excluding carboxylic acids is 3. The Morgan fingerprint density at radius 1 is 0.867 bits per heavy atom. The molecule has 0 radical (unpaired) electrons. The zero-order valence-electron chi connectivity index (χ0n) is 16.0. The number of benzene rings is 2. The molecule has 1 N–H and O–H groups in total. The molecule has 0 spiro atoms. The molecule has 150 valence electrons. The number of amides is 3. The molecular formula is C24H19IN2O3. The second-order valence-corrected chi connectivity index (χ2v) is 9.92. The molecule has 5 nitrogen and oxygen atoms in total. The highest BCUT2D eigenvalue weighted by atomic mass is 127. The topological polar surface area (TPSA) is 66.5 Å². The molecule has 0 aromatic heterocycles. The molecule has 1 heterocycles. The van der Waals surface area contributed by atoms with Gasteiger partial charge in [0.15, 0.2) is 0 Å². The SMILES string of the molecule is O=C(Nc1ccc(I)cc1)c1ccc(N2C(=O)[C@@H]3[C@@H]4C=C[C@H]([C@H]5C[C@H]45)[C@@H]3C2=O)cc1. The summed E-state index contributed by atoms with van der Waals surface area (Å²) < 4.78 is 1.09. The second kappa shape index (κ2) is 6.51. The Morgan fingerprint density at radius 3 is 2.00 bits per heavy atom. The molecule has 1 saturated heterocycles. The number of rotatable bonds is 3. The fourth-order valence-corrected chi connectivity index (χ4v) is 6.07. The van der Waals surface area contributed by atoms with Crippen molar-refractivity contribution in [2.45, 2.75) is 6.42 Å². The monoisotopic (exact) mass is 510 g/mol. The van der Waals surface area contributed by atoms with E-state index < -0.39 is 0 Å². The van der Waals surface area contributed by atoms with Gasteiger partial charge in [-0.1, -0.05) is 12.2 Å². The van der Waals surface area contributed by atoms with Crippen LogP contribution in [0.1, 0.15) is 16.8 Å². The van der Waals surface area contributed by atoms with Gasteiger partial charge in [-0.2, -0.15) is 0 Å². The number of imide groups is 1. The van der Waals surface area contributed by atoms with Gasteiger partial charge in [0, 0.05) is 14.8 Å². The van der Waals surface area contributed by atoms with E-state index in [1.54, 1.807) is 24.3 Å². The Bertz CT molecular complexity index is 1070. The van der Waals surface area contributed by atoms with Gasteiger partial charge in [-0.05, 0) is 101 Å². The summed E-state index contributed by atoms with van der Waals surface area (Å²) in [5, 5.41) is 2.86. The standard InChI is InChI=1S/C24H19IN2O3/c25-13-3-5-14(6-4-13)26-22(28)12-1-7-15(8-2-12)27-23(29)20-16-9-10-17(19-11-18(16)19)21(20)24(27)30/h1-10,16-21H,11H2,(H,26,28)/t16-,17-,18-,19-,20-,21+/m1/s1. The number of anilines is 2. The molecule has 3 fully saturated rings. The third-order valence-corrected chi connectivity index (χ3v) is 7.87. The van der Waals surface area contributed by atoms with Crippen molar-refractivity contribution in [3.05, 3.63) is 69.8 Å². The van der Waals surface area contributed by atoms with Crippen LogP contribution in [0.25, 0.3) is 0 Å². The molecule has 2 bridgehead atoms. The number of carbonyl (C=O) groups is 3. The minimum Gasteiger partial charge on any atom is -0.322 e. The molecule has 6 atom stereocenters. The summed E-state index contributed by atoms with van der Waals surface area (Å²) in [5.74, 6) is 0.807. The van der Waals surface area contributed by atoms with Crippen LogP contribution < -0.4 is 10.2 Å². The average molecular weight is 510 g/mol. The highest BCUT2D eigenvalue weighted by Gasteiger charge is 2.67. The summed E-state index contributed by atoms with van der Waals surface area (Å²) in [7, 11) is 0. The molecule has 6 heteroatoms.